The van der Waals surface area contributed by atoms with Gasteiger partial charge in [-0.1, -0.05) is 0 Å². The Morgan fingerprint density at radius 3 is 2.50 bits per heavy atom. The van der Waals surface area contributed by atoms with E-state index in [0.717, 1.165) is 0 Å². The van der Waals surface area contributed by atoms with Crippen LogP contribution in [0, 0.1) is 0 Å². The van der Waals surface area contributed by atoms with E-state index in [2.05, 4.69) is 11.0 Å². The molecule has 0 aromatic heterocycles. The molecule has 0 saturated heterocycles. The van der Waals surface area contributed by atoms with Crippen molar-refractivity contribution in [3.63, 3.8) is 0 Å². The molecule has 0 heterocycles. The van der Waals surface area contributed by atoms with E-state index in [-0.39, 0.29) is 0 Å². The van der Waals surface area contributed by atoms with Gasteiger partial charge in [-0.25, -0.2) is 4.79 Å². The molecule has 0 unspecified atom stereocenters. The Morgan fingerprint density at radius 2 is 2.38 bits per heavy atom. The van der Waals surface area contributed by atoms with Crippen molar-refractivity contribution in [2.45, 2.75) is 6.55 Å². The highest BCUT2D eigenvalue weighted by molar-refractivity contribution is 6.29. The molecular formula is C4H8O3Si. The zero-order chi connectivity index (χ0) is 6.57. The Balaban J connectivity index is 3.49. The molecule has 0 fully saturated rings. The minimum absolute atomic E-state index is 0.514. The van der Waals surface area contributed by atoms with Crippen LogP contribution in [-0.2, 0) is 9.22 Å². The second-order valence-electron chi connectivity index (χ2n) is 1.17. The summed E-state index contributed by atoms with van der Waals surface area (Å²) in [6, 6.07) is 0. The van der Waals surface area contributed by atoms with Crippen LogP contribution in [0.15, 0.2) is 12.3 Å². The van der Waals surface area contributed by atoms with Crippen molar-refractivity contribution >= 4 is 15.7 Å². The first-order valence-electron chi connectivity index (χ1n) is 2.23. The van der Waals surface area contributed by atoms with Gasteiger partial charge >= 0.3 is 5.97 Å². The molecule has 3 nitrogen and oxygen atoms in total. The van der Waals surface area contributed by atoms with Crippen LogP contribution in [0.2, 0.25) is 6.55 Å². The van der Waals surface area contributed by atoms with Gasteiger partial charge in [-0.2, -0.15) is 0 Å². The summed E-state index contributed by atoms with van der Waals surface area (Å²) in [6.07, 6.45) is 0. The summed E-state index contributed by atoms with van der Waals surface area (Å²) in [5.41, 5.74) is 0. The number of carbonyl (C=O) groups is 1. The number of aliphatic hydroxyl groups excluding tert-OH is 1. The van der Waals surface area contributed by atoms with Gasteiger partial charge in [-0.05, 0) is 13.1 Å². The molecule has 0 aliphatic rings. The van der Waals surface area contributed by atoms with E-state index >= 15 is 0 Å². The number of carbonyl (C=O) groups excluding carboxylic acids is 1. The molecule has 0 rings (SSSR count). The van der Waals surface area contributed by atoms with Crippen molar-refractivity contribution in [2.24, 2.45) is 0 Å². The van der Waals surface area contributed by atoms with Crippen LogP contribution in [0.5, 0.6) is 0 Å². The predicted octanol–water partition coefficient (Wildman–Crippen LogP) is -0.267. The van der Waals surface area contributed by atoms with Crippen molar-refractivity contribution in [3.05, 3.63) is 12.3 Å². The third-order valence-electron chi connectivity index (χ3n) is 0.511. The topological polar surface area (TPSA) is 46.5 Å². The summed E-state index contributed by atoms with van der Waals surface area (Å²) in [6.45, 7) is 4.77. The molecule has 1 N–H and O–H groups in total. The van der Waals surface area contributed by atoms with E-state index in [1.807, 2.05) is 0 Å². The quantitative estimate of drug-likeness (QED) is 0.320. The lowest BCUT2D eigenvalue weighted by atomic mass is 10.6. The van der Waals surface area contributed by atoms with Crippen molar-refractivity contribution in [3.8, 4) is 0 Å². The van der Waals surface area contributed by atoms with Crippen molar-refractivity contribution in [2.75, 3.05) is 0 Å². The lowest BCUT2D eigenvalue weighted by molar-refractivity contribution is -0.132. The van der Waals surface area contributed by atoms with E-state index in [9.17, 15) is 4.79 Å². The van der Waals surface area contributed by atoms with Crippen LogP contribution >= 0.6 is 0 Å². The maximum absolute atomic E-state index is 10.2. The van der Waals surface area contributed by atoms with Gasteiger partial charge in [-0.15, -0.1) is 0 Å². The molecule has 0 amide bonds. The van der Waals surface area contributed by atoms with Crippen LogP contribution in [0.25, 0.3) is 0 Å². The van der Waals surface area contributed by atoms with Gasteiger partial charge < -0.3 is 9.53 Å². The highest BCUT2D eigenvalue weighted by Crippen LogP contribution is 1.84. The molecule has 0 aliphatic carbocycles. The lowest BCUT2D eigenvalue weighted by Crippen LogP contribution is -2.07. The molecule has 46 valence electrons. The second-order valence-corrected chi connectivity index (χ2v) is 2.03. The molecule has 0 bridgehead atoms. The Morgan fingerprint density at radius 1 is 1.88 bits per heavy atom. The fourth-order valence-electron chi connectivity index (χ4n) is 0.214. The molecule has 0 aromatic carbocycles. The normalized spacial score (nSPS) is 9.62. The average Bonchev–Trinajstić information content (AvgIpc) is 1.67. The van der Waals surface area contributed by atoms with E-state index in [4.69, 9.17) is 5.11 Å². The summed E-state index contributed by atoms with van der Waals surface area (Å²) in [5.74, 6) is -1.21. The maximum Gasteiger partial charge on any atom is 0.359 e. The third kappa shape index (κ3) is 2.41. The zero-order valence-electron chi connectivity index (χ0n) is 4.68. The predicted molar refractivity (Wildman–Crippen MR) is 32.3 cm³/mol. The lowest BCUT2D eigenvalue weighted by Gasteiger charge is -1.96. The van der Waals surface area contributed by atoms with E-state index in [0.29, 0.717) is 0 Å². The van der Waals surface area contributed by atoms with Gasteiger partial charge in [-0.3, -0.25) is 0 Å². The monoisotopic (exact) mass is 132 g/mol. The van der Waals surface area contributed by atoms with Gasteiger partial charge in [0, 0.05) is 0 Å². The highest BCUT2D eigenvalue weighted by Gasteiger charge is 2.01. The highest BCUT2D eigenvalue weighted by atomic mass is 28.2. The molecule has 0 atom stereocenters. The van der Waals surface area contributed by atoms with Crippen molar-refractivity contribution in [1.29, 1.82) is 0 Å². The molecule has 0 aromatic rings. The Kier molecular flexibility index (Phi) is 2.94. The minimum atomic E-state index is -0.747. The van der Waals surface area contributed by atoms with E-state index < -0.39 is 21.5 Å². The number of aliphatic hydroxyl groups is 1. The van der Waals surface area contributed by atoms with Crippen LogP contribution in [0.1, 0.15) is 0 Å². The largest absolute Gasteiger partial charge is 0.520 e. The molecule has 0 spiro atoms. The van der Waals surface area contributed by atoms with Gasteiger partial charge in [0.15, 0.2) is 5.76 Å². The zero-order valence-corrected chi connectivity index (χ0v) is 6.09. The third-order valence-corrected chi connectivity index (χ3v) is 1.06. The van der Waals surface area contributed by atoms with Gasteiger partial charge in [0.1, 0.15) is 0 Å². The summed E-state index contributed by atoms with van der Waals surface area (Å²) in [4.78, 5) is 10.2. The number of hydrogen-bond acceptors (Lipinski definition) is 3. The molecule has 8 heavy (non-hydrogen) atoms. The number of hydrogen-bond donors (Lipinski definition) is 1. The van der Waals surface area contributed by atoms with Gasteiger partial charge in [0.25, 0.3) is 0 Å². The summed E-state index contributed by atoms with van der Waals surface area (Å²) in [5, 5.41) is 8.31. The van der Waals surface area contributed by atoms with Crippen molar-refractivity contribution < 1.29 is 14.3 Å². The van der Waals surface area contributed by atoms with Gasteiger partial charge in [0.2, 0.25) is 9.76 Å². The van der Waals surface area contributed by atoms with E-state index in [1.54, 1.807) is 6.55 Å². The summed E-state index contributed by atoms with van der Waals surface area (Å²) < 4.78 is 4.45. The Bertz CT molecular complexity index is 110. The fourth-order valence-corrected chi connectivity index (χ4v) is 0.643. The van der Waals surface area contributed by atoms with Gasteiger partial charge in [0.05, 0.1) is 0 Å². The molecule has 4 heteroatoms. The first kappa shape index (κ1) is 7.23. The SMILES string of the molecule is C=C(O)C(=O)O[SiH2]C. The van der Waals surface area contributed by atoms with E-state index in [1.165, 1.54) is 0 Å². The smallest absolute Gasteiger partial charge is 0.359 e. The fraction of sp³-hybridized carbons (Fsp3) is 0.250. The molecule has 0 aliphatic heterocycles. The second kappa shape index (κ2) is 3.26. The number of rotatable bonds is 2. The molecule has 0 saturated carbocycles. The van der Waals surface area contributed by atoms with Crippen LogP contribution in [0.3, 0.4) is 0 Å². The molecule has 0 radical (unpaired) electrons. The Labute approximate surface area is 49.9 Å². The minimum Gasteiger partial charge on any atom is -0.520 e. The standard InChI is InChI=1S/C4H8O3Si/c1-3(5)4(6)7-8-2/h5H,1,8H2,2H3. The first-order valence-corrected chi connectivity index (χ1v) is 4.22. The average molecular weight is 132 g/mol. The molecular weight excluding hydrogens is 124 g/mol. The van der Waals surface area contributed by atoms with Crippen LogP contribution < -0.4 is 0 Å². The summed E-state index contributed by atoms with van der Waals surface area (Å²) >= 11 is 0. The van der Waals surface area contributed by atoms with Crippen LogP contribution in [0.4, 0.5) is 0 Å². The van der Waals surface area contributed by atoms with Crippen molar-refractivity contribution in [1.82, 2.24) is 0 Å². The first-order chi connectivity index (χ1) is 3.68. The summed E-state index contributed by atoms with van der Waals surface area (Å²) in [7, 11) is -0.747. The maximum atomic E-state index is 10.2. The Hall–Kier alpha value is -0.773. The van der Waals surface area contributed by atoms with Crippen LogP contribution in [-0.4, -0.2) is 20.8 Å².